The maximum atomic E-state index is 13.8. The summed E-state index contributed by atoms with van der Waals surface area (Å²) < 4.78 is 0. The number of rotatable bonds is 14. The monoisotopic (exact) mass is 712 g/mol. The van der Waals surface area contributed by atoms with E-state index in [2.05, 4.69) is 31.9 Å². The first-order valence-corrected chi connectivity index (χ1v) is 16.9. The quantitative estimate of drug-likeness (QED) is 0.138. The molecule has 1 fully saturated rings. The first-order valence-electron chi connectivity index (χ1n) is 16.9. The minimum absolute atomic E-state index is 0.0126. The molecule has 3 aromatic carbocycles. The zero-order chi connectivity index (χ0) is 37.6. The number of likely N-dealkylation sites (N-methyl/N-ethyl adjacent to an activating group) is 1. The van der Waals surface area contributed by atoms with Gasteiger partial charge in [-0.15, -0.1) is 0 Å². The normalized spacial score (nSPS) is 16.0. The minimum atomic E-state index is -1.25. The van der Waals surface area contributed by atoms with E-state index in [1.54, 1.807) is 112 Å². The van der Waals surface area contributed by atoms with Gasteiger partial charge in [-0.1, -0.05) is 80.1 Å². The van der Waals surface area contributed by atoms with Gasteiger partial charge in [-0.05, 0) is 36.2 Å². The zero-order valence-corrected chi connectivity index (χ0v) is 29.3. The van der Waals surface area contributed by atoms with E-state index in [0.717, 1.165) is 0 Å². The van der Waals surface area contributed by atoms with Gasteiger partial charge in [0.25, 0.3) is 5.91 Å². The molecule has 0 bridgehead atoms. The third kappa shape index (κ3) is 10.9. The van der Waals surface area contributed by atoms with Crippen molar-refractivity contribution in [1.29, 1.82) is 0 Å². The highest BCUT2D eigenvalue weighted by Gasteiger charge is 2.42. The molecule has 3 aromatic rings. The van der Waals surface area contributed by atoms with Gasteiger partial charge in [-0.2, -0.15) is 0 Å². The number of carbonyl (C=O) groups is 7. The summed E-state index contributed by atoms with van der Waals surface area (Å²) in [4.78, 5) is 94.4. The second kappa shape index (κ2) is 18.7. The van der Waals surface area contributed by atoms with E-state index >= 15 is 0 Å². The van der Waals surface area contributed by atoms with Crippen molar-refractivity contribution < 1.29 is 33.6 Å². The number of Topliss-reactive ketones (excluding diaryl/α,β-unsaturated/α-hetero) is 1. The van der Waals surface area contributed by atoms with Gasteiger partial charge in [0.15, 0.2) is 0 Å². The van der Waals surface area contributed by atoms with Crippen LogP contribution in [0.2, 0.25) is 0 Å². The highest BCUT2D eigenvalue weighted by molar-refractivity contribution is 6.38. The van der Waals surface area contributed by atoms with E-state index in [-0.39, 0.29) is 25.4 Å². The van der Waals surface area contributed by atoms with Crippen molar-refractivity contribution in [3.8, 4) is 0 Å². The van der Waals surface area contributed by atoms with Crippen LogP contribution in [-0.4, -0.2) is 97.1 Å². The number of hydrogen-bond acceptors (Lipinski definition) is 7. The molecule has 0 spiro atoms. The number of nitrogens with one attached hydrogen (secondary N) is 6. The standard InChI is InChI=1S/C37H44N8O7/c1-4-14-28(32(47)34(49)38-21-30(46)43-31(35(50)44(2)3)24-15-8-5-9-16-24)41-33(48)27-22-45(37(52)40-26-19-12-7-13-20-26)23-29(27)42-36(51)39-25-17-10-6-11-18-25/h5-13,15-20,27-29,31H,4,14,21-23H2,1-3H3,(H,38,49)(H,40,52)(H,41,48)(H,43,46)(H2,39,42,51)/t27-,28+,29+,31+/m1/s1. The predicted molar refractivity (Wildman–Crippen MR) is 194 cm³/mol. The van der Waals surface area contributed by atoms with E-state index in [1.165, 1.54) is 9.80 Å². The smallest absolute Gasteiger partial charge is 0.321 e. The van der Waals surface area contributed by atoms with E-state index in [1.807, 2.05) is 0 Å². The third-order valence-electron chi connectivity index (χ3n) is 8.29. The van der Waals surface area contributed by atoms with Gasteiger partial charge in [0.05, 0.1) is 24.5 Å². The molecule has 1 saturated heterocycles. The fourth-order valence-corrected chi connectivity index (χ4v) is 5.61. The number of hydrogen-bond donors (Lipinski definition) is 6. The molecule has 4 atom stereocenters. The van der Waals surface area contributed by atoms with Gasteiger partial charge in [0, 0.05) is 38.6 Å². The number of likely N-dealkylation sites (tertiary alicyclic amines) is 1. The number of para-hydroxylation sites is 2. The van der Waals surface area contributed by atoms with Crippen LogP contribution in [0, 0.1) is 5.92 Å². The number of urea groups is 2. The van der Waals surface area contributed by atoms with Crippen LogP contribution in [-0.2, 0) is 24.0 Å². The second-order valence-corrected chi connectivity index (χ2v) is 12.4. The maximum Gasteiger partial charge on any atom is 0.321 e. The molecule has 0 aromatic heterocycles. The van der Waals surface area contributed by atoms with Gasteiger partial charge in [-0.3, -0.25) is 24.0 Å². The first-order chi connectivity index (χ1) is 25.0. The summed E-state index contributed by atoms with van der Waals surface area (Å²) in [5.74, 6) is -4.80. The molecule has 0 radical (unpaired) electrons. The fraction of sp³-hybridized carbons (Fsp3) is 0.324. The van der Waals surface area contributed by atoms with Gasteiger partial charge >= 0.3 is 12.1 Å². The summed E-state index contributed by atoms with van der Waals surface area (Å²) >= 11 is 0. The molecule has 6 N–H and O–H groups in total. The van der Waals surface area contributed by atoms with Gasteiger partial charge < -0.3 is 41.7 Å². The van der Waals surface area contributed by atoms with Crippen LogP contribution in [0.25, 0.3) is 0 Å². The van der Waals surface area contributed by atoms with Crippen molar-refractivity contribution in [1.82, 2.24) is 31.1 Å². The van der Waals surface area contributed by atoms with E-state index in [9.17, 15) is 33.6 Å². The largest absolute Gasteiger partial charge is 0.347 e. The lowest BCUT2D eigenvalue weighted by molar-refractivity contribution is -0.141. The lowest BCUT2D eigenvalue weighted by Gasteiger charge is -2.23. The summed E-state index contributed by atoms with van der Waals surface area (Å²) in [6.07, 6.45) is 0.530. The first kappa shape index (κ1) is 38.6. The predicted octanol–water partition coefficient (Wildman–Crippen LogP) is 2.26. The molecule has 1 aliphatic rings. The number of amides is 8. The van der Waals surface area contributed by atoms with Crippen LogP contribution < -0.4 is 31.9 Å². The molecule has 8 amide bonds. The lowest BCUT2D eigenvalue weighted by atomic mass is 10.00. The van der Waals surface area contributed by atoms with Crippen molar-refractivity contribution in [3.63, 3.8) is 0 Å². The van der Waals surface area contributed by atoms with Crippen LogP contribution in [0.1, 0.15) is 31.4 Å². The summed E-state index contributed by atoms with van der Waals surface area (Å²) in [6, 6.07) is 21.8. The molecule has 15 heteroatoms. The second-order valence-electron chi connectivity index (χ2n) is 12.4. The Bertz CT molecular complexity index is 1720. The average Bonchev–Trinajstić information content (AvgIpc) is 3.57. The topological polar surface area (TPSA) is 198 Å². The van der Waals surface area contributed by atoms with Crippen molar-refractivity contribution in [2.75, 3.05) is 44.4 Å². The highest BCUT2D eigenvalue weighted by atomic mass is 16.2. The number of nitrogens with zero attached hydrogens (tertiary/aromatic N) is 2. The average molecular weight is 713 g/mol. The van der Waals surface area contributed by atoms with Crippen molar-refractivity contribution in [3.05, 3.63) is 96.6 Å². The Morgan fingerprint density at radius 2 is 1.35 bits per heavy atom. The fourth-order valence-electron chi connectivity index (χ4n) is 5.61. The number of anilines is 2. The van der Waals surface area contributed by atoms with Gasteiger partial charge in [0.2, 0.25) is 23.5 Å². The Kier molecular flexibility index (Phi) is 13.8. The van der Waals surface area contributed by atoms with Crippen molar-refractivity contribution in [2.24, 2.45) is 5.92 Å². The number of carbonyl (C=O) groups excluding carboxylic acids is 7. The Morgan fingerprint density at radius 1 is 0.769 bits per heavy atom. The van der Waals surface area contributed by atoms with Crippen LogP contribution in [0.15, 0.2) is 91.0 Å². The van der Waals surface area contributed by atoms with Crippen LogP contribution in [0.4, 0.5) is 21.0 Å². The molecule has 274 valence electrons. The summed E-state index contributed by atoms with van der Waals surface area (Å²) in [6.45, 7) is 1.07. The van der Waals surface area contributed by atoms with E-state index in [4.69, 9.17) is 0 Å². The van der Waals surface area contributed by atoms with E-state index < -0.39 is 66.2 Å². The summed E-state index contributed by atoms with van der Waals surface area (Å²) in [5.41, 5.74) is 1.60. The molecule has 0 aliphatic carbocycles. The van der Waals surface area contributed by atoms with Crippen molar-refractivity contribution >= 4 is 52.8 Å². The molecular weight excluding hydrogens is 668 g/mol. The molecular formula is C37H44N8O7. The third-order valence-corrected chi connectivity index (χ3v) is 8.29. The van der Waals surface area contributed by atoms with Crippen LogP contribution >= 0.6 is 0 Å². The summed E-state index contributed by atoms with van der Waals surface area (Å²) in [7, 11) is 3.10. The molecule has 0 unspecified atom stereocenters. The minimum Gasteiger partial charge on any atom is -0.347 e. The van der Waals surface area contributed by atoms with Crippen LogP contribution in [0.3, 0.4) is 0 Å². The molecule has 52 heavy (non-hydrogen) atoms. The van der Waals surface area contributed by atoms with Gasteiger partial charge in [-0.25, -0.2) is 9.59 Å². The highest BCUT2D eigenvalue weighted by Crippen LogP contribution is 2.21. The molecule has 0 saturated carbocycles. The SMILES string of the molecule is CCC[C@H](NC(=O)[C@@H]1CN(C(=O)Nc2ccccc2)C[C@@H]1NC(=O)Nc1ccccc1)C(=O)C(=O)NCC(=O)N[C@H](C(=O)N(C)C)c1ccccc1. The molecule has 1 aliphatic heterocycles. The molecule has 15 nitrogen and oxygen atoms in total. The maximum absolute atomic E-state index is 13.8. The number of ketones is 1. The Balaban J connectivity index is 1.41. The Hall–Kier alpha value is -6.25. The number of benzene rings is 3. The summed E-state index contributed by atoms with van der Waals surface area (Å²) in [5, 5.41) is 15.8. The van der Waals surface area contributed by atoms with E-state index in [0.29, 0.717) is 23.4 Å². The molecule has 1 heterocycles. The zero-order valence-electron chi connectivity index (χ0n) is 29.3. The molecule has 4 rings (SSSR count). The van der Waals surface area contributed by atoms with Crippen molar-refractivity contribution in [2.45, 2.75) is 37.9 Å². The Labute approximate surface area is 301 Å². The van der Waals surface area contributed by atoms with Crippen LogP contribution in [0.5, 0.6) is 0 Å². The lowest BCUT2D eigenvalue weighted by Crippen LogP contribution is -2.53. The van der Waals surface area contributed by atoms with Gasteiger partial charge in [0.1, 0.15) is 6.04 Å². The Morgan fingerprint density at radius 3 is 1.92 bits per heavy atom.